The summed E-state index contributed by atoms with van der Waals surface area (Å²) in [5.74, 6) is -1.38. The second-order valence-corrected chi connectivity index (χ2v) is 5.22. The van der Waals surface area contributed by atoms with Crippen LogP contribution in [0.2, 0.25) is 0 Å². The summed E-state index contributed by atoms with van der Waals surface area (Å²) < 4.78 is 1.65. The topological polar surface area (TPSA) is 88.3 Å². The van der Waals surface area contributed by atoms with E-state index in [9.17, 15) is 9.59 Å². The normalized spacial score (nSPS) is 11.1. The molecule has 2 aromatic rings. The molecule has 0 aliphatic rings. The highest BCUT2D eigenvalue weighted by Gasteiger charge is 2.22. The van der Waals surface area contributed by atoms with E-state index in [4.69, 9.17) is 5.11 Å². The molecule has 0 radical (unpaired) electrons. The molecule has 1 amide bonds. The van der Waals surface area contributed by atoms with Crippen molar-refractivity contribution in [3.05, 3.63) is 23.5 Å². The Morgan fingerprint density at radius 3 is 2.67 bits per heavy atom. The highest BCUT2D eigenvalue weighted by Crippen LogP contribution is 2.18. The summed E-state index contributed by atoms with van der Waals surface area (Å²) in [6.07, 6.45) is 1.46. The molecule has 0 spiro atoms. The lowest BCUT2D eigenvalue weighted by Crippen LogP contribution is -2.40. The van der Waals surface area contributed by atoms with Gasteiger partial charge in [-0.2, -0.15) is 5.10 Å². The maximum absolute atomic E-state index is 12.5. The Kier molecular flexibility index (Phi) is 3.93. The molecule has 0 saturated heterocycles. The fraction of sp³-hybridized carbons (Fsp3) is 0.429. The number of carbonyl (C=O) groups is 2. The van der Waals surface area contributed by atoms with E-state index in [0.717, 1.165) is 11.1 Å². The summed E-state index contributed by atoms with van der Waals surface area (Å²) in [4.78, 5) is 28.9. The molecule has 1 N–H and O–H groups in total. The highest BCUT2D eigenvalue weighted by molar-refractivity contribution is 5.98. The third kappa shape index (κ3) is 2.86. The Morgan fingerprint density at radius 1 is 1.43 bits per heavy atom. The third-order valence-electron chi connectivity index (χ3n) is 3.30. The van der Waals surface area contributed by atoms with E-state index in [1.807, 2.05) is 6.92 Å². The number of hydrogen-bond acceptors (Lipinski definition) is 4. The third-order valence-corrected chi connectivity index (χ3v) is 3.30. The molecule has 0 bridgehead atoms. The van der Waals surface area contributed by atoms with Crippen LogP contribution >= 0.6 is 0 Å². The molecule has 2 rings (SSSR count). The smallest absolute Gasteiger partial charge is 0.323 e. The summed E-state index contributed by atoms with van der Waals surface area (Å²) in [6.45, 7) is 5.07. The van der Waals surface area contributed by atoms with Gasteiger partial charge in [0.15, 0.2) is 5.65 Å². The van der Waals surface area contributed by atoms with Gasteiger partial charge < -0.3 is 10.0 Å². The summed E-state index contributed by atoms with van der Waals surface area (Å²) in [7, 11) is 1.79. The van der Waals surface area contributed by atoms with Crippen LogP contribution in [0, 0.1) is 6.92 Å². The zero-order valence-electron chi connectivity index (χ0n) is 12.5. The van der Waals surface area contributed by atoms with Crippen LogP contribution < -0.4 is 0 Å². The van der Waals surface area contributed by atoms with Crippen LogP contribution in [-0.2, 0) is 11.8 Å². The van der Waals surface area contributed by atoms with Gasteiger partial charge in [0, 0.05) is 24.7 Å². The van der Waals surface area contributed by atoms with Crippen molar-refractivity contribution in [3.8, 4) is 0 Å². The number of aromatic nitrogens is 3. The van der Waals surface area contributed by atoms with Gasteiger partial charge in [-0.3, -0.25) is 14.3 Å². The van der Waals surface area contributed by atoms with Gasteiger partial charge >= 0.3 is 5.97 Å². The predicted molar refractivity (Wildman–Crippen MR) is 77.1 cm³/mol. The summed E-state index contributed by atoms with van der Waals surface area (Å²) >= 11 is 0. The Balaban J connectivity index is 2.42. The van der Waals surface area contributed by atoms with Crippen molar-refractivity contribution in [2.24, 2.45) is 7.05 Å². The van der Waals surface area contributed by atoms with Gasteiger partial charge in [-0.15, -0.1) is 0 Å². The van der Waals surface area contributed by atoms with Crippen molar-refractivity contribution < 1.29 is 14.7 Å². The fourth-order valence-electron chi connectivity index (χ4n) is 2.23. The average molecular weight is 290 g/mol. The summed E-state index contributed by atoms with van der Waals surface area (Å²) in [5.41, 5.74) is 1.84. The quantitative estimate of drug-likeness (QED) is 0.914. The van der Waals surface area contributed by atoms with Crippen molar-refractivity contribution in [1.29, 1.82) is 0 Å². The monoisotopic (exact) mass is 290 g/mol. The number of aliphatic carboxylic acids is 1. The van der Waals surface area contributed by atoms with Crippen LogP contribution in [-0.4, -0.2) is 49.2 Å². The lowest BCUT2D eigenvalue weighted by Gasteiger charge is -2.24. The van der Waals surface area contributed by atoms with Crippen LogP contribution in [0.1, 0.15) is 29.9 Å². The van der Waals surface area contributed by atoms with Gasteiger partial charge in [-0.25, -0.2) is 4.98 Å². The van der Waals surface area contributed by atoms with Crippen molar-refractivity contribution in [2.45, 2.75) is 26.8 Å². The predicted octanol–water partition coefficient (Wildman–Crippen LogP) is 1.21. The number of carboxylic acid groups (broad SMARTS) is 1. The van der Waals surface area contributed by atoms with Gasteiger partial charge in [-0.05, 0) is 26.8 Å². The average Bonchev–Trinajstić information content (AvgIpc) is 2.70. The van der Waals surface area contributed by atoms with Gasteiger partial charge in [0.1, 0.15) is 6.54 Å². The van der Waals surface area contributed by atoms with E-state index in [0.29, 0.717) is 11.2 Å². The maximum atomic E-state index is 12.5. The zero-order valence-corrected chi connectivity index (χ0v) is 12.5. The number of nitrogens with zero attached hydrogens (tertiary/aromatic N) is 4. The van der Waals surface area contributed by atoms with Crippen LogP contribution in [0.15, 0.2) is 12.3 Å². The highest BCUT2D eigenvalue weighted by atomic mass is 16.4. The molecule has 0 atom stereocenters. The second kappa shape index (κ2) is 5.51. The van der Waals surface area contributed by atoms with E-state index in [2.05, 4.69) is 10.1 Å². The number of fused-ring (bicyclic) bond motifs is 1. The molecule has 2 heterocycles. The van der Waals surface area contributed by atoms with Gasteiger partial charge in [0.2, 0.25) is 0 Å². The minimum absolute atomic E-state index is 0.209. The van der Waals surface area contributed by atoms with E-state index in [-0.39, 0.29) is 18.5 Å². The first kappa shape index (κ1) is 15.0. The molecule has 2 aromatic heterocycles. The zero-order chi connectivity index (χ0) is 15.7. The molecular weight excluding hydrogens is 272 g/mol. The van der Waals surface area contributed by atoms with Gasteiger partial charge in [0.25, 0.3) is 5.91 Å². The molecule has 7 nitrogen and oxygen atoms in total. The Bertz CT molecular complexity index is 706. The SMILES string of the molecule is Cc1nn(C)c2ncc(C(=O)N(CC(=O)O)C(C)C)cc12. The summed E-state index contributed by atoms with van der Waals surface area (Å²) in [6, 6.07) is 1.50. The van der Waals surface area contributed by atoms with Crippen LogP contribution in [0.3, 0.4) is 0 Å². The van der Waals surface area contributed by atoms with Crippen LogP contribution in [0.25, 0.3) is 11.0 Å². The van der Waals surface area contributed by atoms with E-state index < -0.39 is 5.97 Å². The molecular formula is C14H18N4O3. The number of carbonyl (C=O) groups excluding carboxylic acids is 1. The lowest BCUT2D eigenvalue weighted by molar-refractivity contribution is -0.138. The van der Waals surface area contributed by atoms with Crippen molar-refractivity contribution in [3.63, 3.8) is 0 Å². The standard InChI is InChI=1S/C14H18N4O3/c1-8(2)18(7-12(19)20)14(21)10-5-11-9(3)16-17(4)13(11)15-6-10/h5-6,8H,7H2,1-4H3,(H,19,20). The lowest BCUT2D eigenvalue weighted by atomic mass is 10.1. The number of pyridine rings is 1. The number of rotatable bonds is 4. The van der Waals surface area contributed by atoms with Crippen molar-refractivity contribution >= 4 is 22.9 Å². The number of carboxylic acids is 1. The minimum atomic E-state index is -1.04. The van der Waals surface area contributed by atoms with Crippen molar-refractivity contribution in [2.75, 3.05) is 6.54 Å². The molecule has 112 valence electrons. The van der Waals surface area contributed by atoms with E-state index in [1.165, 1.54) is 11.1 Å². The molecule has 7 heteroatoms. The number of amides is 1. The first-order valence-electron chi connectivity index (χ1n) is 6.63. The van der Waals surface area contributed by atoms with Crippen LogP contribution in [0.5, 0.6) is 0 Å². The number of aryl methyl sites for hydroxylation is 2. The van der Waals surface area contributed by atoms with Gasteiger partial charge in [0.05, 0.1) is 11.3 Å². The minimum Gasteiger partial charge on any atom is -0.480 e. The Morgan fingerprint density at radius 2 is 2.10 bits per heavy atom. The molecule has 0 fully saturated rings. The Labute approximate surface area is 122 Å². The van der Waals surface area contributed by atoms with Crippen LogP contribution in [0.4, 0.5) is 0 Å². The summed E-state index contributed by atoms with van der Waals surface area (Å²) in [5, 5.41) is 14.0. The van der Waals surface area contributed by atoms with Crippen molar-refractivity contribution in [1.82, 2.24) is 19.7 Å². The first-order valence-corrected chi connectivity index (χ1v) is 6.63. The molecule has 0 unspecified atom stereocenters. The molecule has 0 aliphatic heterocycles. The molecule has 21 heavy (non-hydrogen) atoms. The maximum Gasteiger partial charge on any atom is 0.323 e. The largest absolute Gasteiger partial charge is 0.480 e. The fourth-order valence-corrected chi connectivity index (χ4v) is 2.23. The van der Waals surface area contributed by atoms with E-state index in [1.54, 1.807) is 31.6 Å². The second-order valence-electron chi connectivity index (χ2n) is 5.22. The molecule has 0 aliphatic carbocycles. The number of hydrogen-bond donors (Lipinski definition) is 1. The Hall–Kier alpha value is -2.44. The van der Waals surface area contributed by atoms with Gasteiger partial charge in [-0.1, -0.05) is 0 Å². The first-order chi connectivity index (χ1) is 9.81. The van der Waals surface area contributed by atoms with E-state index >= 15 is 0 Å². The molecule has 0 aromatic carbocycles. The molecule has 0 saturated carbocycles.